The molecule has 1 saturated carbocycles. The maximum Gasteiger partial charge on any atom is 0.304 e. The van der Waals surface area contributed by atoms with Crippen LogP contribution < -0.4 is 9.80 Å². The molecule has 3 heterocycles. The summed E-state index contributed by atoms with van der Waals surface area (Å²) in [6, 6.07) is 17.0. The van der Waals surface area contributed by atoms with Crippen molar-refractivity contribution < 1.29 is 19.5 Å². The quantitative estimate of drug-likeness (QED) is 0.263. The number of amides is 2. The molecule has 2 aromatic carbocycles. The summed E-state index contributed by atoms with van der Waals surface area (Å²) in [5.74, 6) is -1.27. The minimum absolute atomic E-state index is 0.00263. The predicted molar refractivity (Wildman–Crippen MR) is 159 cm³/mol. The van der Waals surface area contributed by atoms with Crippen molar-refractivity contribution in [2.75, 3.05) is 16.8 Å². The average Bonchev–Trinajstić information content (AvgIpc) is 3.59. The number of aliphatic carboxylic acids is 1. The molecule has 2 amide bonds. The first-order chi connectivity index (χ1) is 19.8. The smallest absolute Gasteiger partial charge is 0.304 e. The molecular formula is C31H27ClN4O4S. The first-order valence-corrected chi connectivity index (χ1v) is 14.6. The van der Waals surface area contributed by atoms with Gasteiger partial charge in [-0.05, 0) is 48.6 Å². The third-order valence-corrected chi connectivity index (χ3v) is 8.56. The van der Waals surface area contributed by atoms with Crippen molar-refractivity contribution in [3.8, 4) is 22.4 Å². The second-order valence-electron chi connectivity index (χ2n) is 10.5. The van der Waals surface area contributed by atoms with E-state index in [0.717, 1.165) is 40.7 Å². The van der Waals surface area contributed by atoms with Crippen LogP contribution in [0.15, 0.2) is 66.2 Å². The fourth-order valence-electron chi connectivity index (χ4n) is 5.28. The van der Waals surface area contributed by atoms with E-state index >= 15 is 0 Å². The third-order valence-electron chi connectivity index (χ3n) is 7.49. The number of thiazole rings is 1. The van der Waals surface area contributed by atoms with Crippen LogP contribution >= 0.6 is 22.9 Å². The number of likely N-dealkylation sites (N-methyl/N-ethyl adjacent to an activating group) is 1. The van der Waals surface area contributed by atoms with Gasteiger partial charge in [-0.3, -0.25) is 24.2 Å². The van der Waals surface area contributed by atoms with Crippen LogP contribution in [-0.2, 0) is 27.2 Å². The lowest BCUT2D eigenvalue weighted by molar-refractivity contribution is -0.140. The summed E-state index contributed by atoms with van der Waals surface area (Å²) in [6.45, 7) is 0. The fourth-order valence-corrected chi connectivity index (χ4v) is 6.35. The van der Waals surface area contributed by atoms with Crippen LogP contribution in [0.3, 0.4) is 0 Å². The molecule has 0 saturated heterocycles. The lowest BCUT2D eigenvalue weighted by atomic mass is 9.94. The van der Waals surface area contributed by atoms with Gasteiger partial charge >= 0.3 is 5.97 Å². The number of anilines is 2. The number of pyridine rings is 1. The van der Waals surface area contributed by atoms with Gasteiger partial charge in [-0.2, -0.15) is 0 Å². The molecule has 1 N–H and O–H groups in total. The molecule has 4 aromatic rings. The molecular weight excluding hydrogens is 560 g/mol. The number of aromatic nitrogens is 2. The van der Waals surface area contributed by atoms with E-state index in [1.54, 1.807) is 29.1 Å². The van der Waals surface area contributed by atoms with Crippen molar-refractivity contribution in [2.24, 2.45) is 5.92 Å². The highest BCUT2D eigenvalue weighted by atomic mass is 35.5. The monoisotopic (exact) mass is 586 g/mol. The number of nitrogens with zero attached hydrogens (tertiary/aromatic N) is 4. The summed E-state index contributed by atoms with van der Waals surface area (Å²) in [7, 11) is 1.72. The molecule has 2 aromatic heterocycles. The molecule has 1 aliphatic heterocycles. The van der Waals surface area contributed by atoms with E-state index in [4.69, 9.17) is 16.6 Å². The van der Waals surface area contributed by atoms with Crippen molar-refractivity contribution in [1.29, 1.82) is 0 Å². The number of fused-ring (bicyclic) bond motifs is 1. The van der Waals surface area contributed by atoms with Crippen LogP contribution in [0.2, 0.25) is 5.02 Å². The second kappa shape index (κ2) is 11.1. The summed E-state index contributed by atoms with van der Waals surface area (Å²) < 4.78 is 0. The second-order valence-corrected chi connectivity index (χ2v) is 11.7. The number of hydrogen-bond acceptors (Lipinski definition) is 6. The standard InChI is InChI=1S/C31H27ClN4O4S/c1-35-27(37)13-19-12-21(16-33-29(19)35)24-10-7-22(32)15-25(24)26-17-41-31(34-26)36(23-8-9-23)30(40)20(14-28(38)39)11-18-5-3-2-4-6-18/h2-7,10,12,15-17,20,23H,8-9,11,13-14H2,1H3,(H,38,39)/t20-/m1/s1. The van der Waals surface area contributed by atoms with Crippen LogP contribution in [0.1, 0.15) is 30.4 Å². The van der Waals surface area contributed by atoms with E-state index in [9.17, 15) is 19.5 Å². The van der Waals surface area contributed by atoms with Gasteiger partial charge < -0.3 is 5.11 Å². The van der Waals surface area contributed by atoms with Gasteiger partial charge in [0.25, 0.3) is 0 Å². The molecule has 0 unspecified atom stereocenters. The fraction of sp³-hybridized carbons (Fsp3) is 0.258. The van der Waals surface area contributed by atoms with E-state index in [1.165, 1.54) is 11.3 Å². The van der Waals surface area contributed by atoms with Gasteiger partial charge in [0.05, 0.1) is 24.5 Å². The van der Waals surface area contributed by atoms with Crippen LogP contribution in [-0.4, -0.2) is 45.9 Å². The summed E-state index contributed by atoms with van der Waals surface area (Å²) >= 11 is 7.78. The maximum atomic E-state index is 13.9. The Kier molecular flexibility index (Phi) is 7.32. The van der Waals surface area contributed by atoms with E-state index in [-0.39, 0.29) is 24.3 Å². The van der Waals surface area contributed by atoms with Crippen molar-refractivity contribution in [1.82, 2.24) is 9.97 Å². The molecule has 10 heteroatoms. The molecule has 41 heavy (non-hydrogen) atoms. The number of carboxylic acid groups (broad SMARTS) is 1. The summed E-state index contributed by atoms with van der Waals surface area (Å²) in [5.41, 5.74) is 4.93. The molecule has 1 aliphatic carbocycles. The lowest BCUT2D eigenvalue weighted by Crippen LogP contribution is -2.39. The largest absolute Gasteiger partial charge is 0.481 e. The van der Waals surface area contributed by atoms with Crippen LogP contribution in [0, 0.1) is 5.92 Å². The van der Waals surface area contributed by atoms with E-state index in [2.05, 4.69) is 4.98 Å². The van der Waals surface area contributed by atoms with Gasteiger partial charge in [-0.15, -0.1) is 11.3 Å². The van der Waals surface area contributed by atoms with E-state index < -0.39 is 11.9 Å². The Morgan fingerprint density at radius 2 is 1.93 bits per heavy atom. The summed E-state index contributed by atoms with van der Waals surface area (Å²) in [6.07, 6.45) is 3.83. The molecule has 0 radical (unpaired) electrons. The number of rotatable bonds is 9. The van der Waals surface area contributed by atoms with Gasteiger partial charge in [0.2, 0.25) is 11.8 Å². The number of hydrogen-bond donors (Lipinski definition) is 1. The Morgan fingerprint density at radius 3 is 2.66 bits per heavy atom. The zero-order valence-electron chi connectivity index (χ0n) is 22.3. The molecule has 0 bridgehead atoms. The Morgan fingerprint density at radius 1 is 1.15 bits per heavy atom. The van der Waals surface area contributed by atoms with Crippen molar-refractivity contribution >= 4 is 51.7 Å². The molecule has 6 rings (SSSR count). The molecule has 208 valence electrons. The van der Waals surface area contributed by atoms with Gasteiger partial charge in [0.15, 0.2) is 5.13 Å². The van der Waals surface area contributed by atoms with E-state index in [1.807, 2.05) is 53.9 Å². The summed E-state index contributed by atoms with van der Waals surface area (Å²) in [5, 5.41) is 12.6. The highest BCUT2D eigenvalue weighted by molar-refractivity contribution is 7.14. The minimum atomic E-state index is -1.01. The van der Waals surface area contributed by atoms with Crippen molar-refractivity contribution in [2.45, 2.75) is 38.1 Å². The molecule has 8 nitrogen and oxygen atoms in total. The normalized spacial score (nSPS) is 15.1. The third kappa shape index (κ3) is 5.60. The highest BCUT2D eigenvalue weighted by Crippen LogP contribution is 2.41. The lowest BCUT2D eigenvalue weighted by Gasteiger charge is -2.25. The number of halogens is 1. The highest BCUT2D eigenvalue weighted by Gasteiger charge is 2.39. The Hall–Kier alpha value is -4.08. The Bertz CT molecular complexity index is 1650. The first kappa shape index (κ1) is 27.1. The zero-order valence-corrected chi connectivity index (χ0v) is 23.9. The topological polar surface area (TPSA) is 104 Å². The minimum Gasteiger partial charge on any atom is -0.481 e. The first-order valence-electron chi connectivity index (χ1n) is 13.4. The predicted octanol–water partition coefficient (Wildman–Crippen LogP) is 5.87. The van der Waals surface area contributed by atoms with Gasteiger partial charge in [-0.25, -0.2) is 9.97 Å². The Labute approximate surface area is 246 Å². The number of carboxylic acids is 1. The van der Waals surface area contributed by atoms with Crippen molar-refractivity contribution in [3.05, 3.63) is 82.3 Å². The number of carbonyl (C=O) groups is 3. The summed E-state index contributed by atoms with van der Waals surface area (Å²) in [4.78, 5) is 50.5. The maximum absolute atomic E-state index is 13.9. The molecule has 0 spiro atoms. The van der Waals surface area contributed by atoms with Crippen molar-refractivity contribution in [3.63, 3.8) is 0 Å². The van der Waals surface area contributed by atoms with E-state index in [0.29, 0.717) is 34.5 Å². The van der Waals surface area contributed by atoms with Crippen LogP contribution in [0.25, 0.3) is 22.4 Å². The van der Waals surface area contributed by atoms with Crippen LogP contribution in [0.4, 0.5) is 10.9 Å². The van der Waals surface area contributed by atoms with Gasteiger partial charge in [0.1, 0.15) is 5.82 Å². The van der Waals surface area contributed by atoms with Crippen LogP contribution in [0.5, 0.6) is 0 Å². The Balaban J connectivity index is 1.33. The average molecular weight is 587 g/mol. The zero-order chi connectivity index (χ0) is 28.7. The number of carbonyl (C=O) groups excluding carboxylic acids is 2. The van der Waals surface area contributed by atoms with Gasteiger partial charge in [0, 0.05) is 46.4 Å². The molecule has 1 atom stereocenters. The SMILES string of the molecule is CN1C(=O)Cc2cc(-c3ccc(Cl)cc3-c3csc(N(C(=O)[C@@H](CC(=O)O)Cc4ccccc4)C4CC4)n3)cnc21. The molecule has 2 aliphatic rings. The number of benzene rings is 2. The molecule has 1 fully saturated rings. The van der Waals surface area contributed by atoms with Gasteiger partial charge in [-0.1, -0.05) is 48.0 Å².